The first-order chi connectivity index (χ1) is 6.77. The molecule has 0 aromatic rings. The lowest BCUT2D eigenvalue weighted by atomic mass is 9.77. The van der Waals surface area contributed by atoms with Crippen molar-refractivity contribution in [3.63, 3.8) is 0 Å². The number of hydrogen-bond acceptors (Lipinski definition) is 2. The number of carbonyl (C=O) groups is 1. The summed E-state index contributed by atoms with van der Waals surface area (Å²) in [6.45, 7) is 3.71. The van der Waals surface area contributed by atoms with Gasteiger partial charge in [-0.25, -0.2) is 4.79 Å². The fraction of sp³-hybridized carbons (Fsp3) is 0.727. The first-order valence-electron chi connectivity index (χ1n) is 5.36. The monoisotopic (exact) mass is 195 g/mol. The average molecular weight is 195 g/mol. The minimum Gasteiger partial charge on any atom is -0.443 e. The highest BCUT2D eigenvalue weighted by molar-refractivity contribution is 5.71. The van der Waals surface area contributed by atoms with Crippen LogP contribution in [-0.4, -0.2) is 17.7 Å². The van der Waals surface area contributed by atoms with Crippen LogP contribution in [0.15, 0.2) is 12.7 Å². The molecular weight excluding hydrogens is 178 g/mol. The molecule has 1 atom stereocenters. The minimum absolute atomic E-state index is 0.00722. The molecule has 1 spiro atoms. The van der Waals surface area contributed by atoms with Crippen LogP contribution in [0.4, 0.5) is 4.79 Å². The molecule has 14 heavy (non-hydrogen) atoms. The zero-order valence-electron chi connectivity index (χ0n) is 8.42. The maximum Gasteiger partial charge on any atom is 0.408 e. The highest BCUT2D eigenvalue weighted by Gasteiger charge is 2.47. The van der Waals surface area contributed by atoms with Crippen LogP contribution in [0.25, 0.3) is 0 Å². The van der Waals surface area contributed by atoms with E-state index >= 15 is 0 Å². The minimum atomic E-state index is -0.251. The van der Waals surface area contributed by atoms with Crippen molar-refractivity contribution >= 4 is 6.09 Å². The fourth-order valence-corrected chi connectivity index (χ4v) is 2.61. The van der Waals surface area contributed by atoms with Gasteiger partial charge in [0.25, 0.3) is 0 Å². The van der Waals surface area contributed by atoms with Crippen LogP contribution < -0.4 is 5.32 Å². The van der Waals surface area contributed by atoms with Gasteiger partial charge < -0.3 is 10.1 Å². The normalized spacial score (nSPS) is 29.7. The van der Waals surface area contributed by atoms with Crippen LogP contribution in [0.3, 0.4) is 0 Å². The molecule has 3 nitrogen and oxygen atoms in total. The summed E-state index contributed by atoms with van der Waals surface area (Å²) in [7, 11) is 0. The van der Waals surface area contributed by atoms with Gasteiger partial charge in [0.15, 0.2) is 0 Å². The molecule has 1 unspecified atom stereocenters. The number of ether oxygens (including phenoxy) is 1. The van der Waals surface area contributed by atoms with Gasteiger partial charge in [0.05, 0.1) is 5.54 Å². The molecule has 1 aliphatic carbocycles. The van der Waals surface area contributed by atoms with Crippen LogP contribution in [0, 0.1) is 0 Å². The summed E-state index contributed by atoms with van der Waals surface area (Å²) in [5, 5.41) is 3.00. The first kappa shape index (κ1) is 9.56. The maximum atomic E-state index is 11.2. The van der Waals surface area contributed by atoms with Crippen molar-refractivity contribution in [3.05, 3.63) is 12.7 Å². The van der Waals surface area contributed by atoms with Crippen molar-refractivity contribution in [2.75, 3.05) is 0 Å². The van der Waals surface area contributed by atoms with Crippen LogP contribution in [-0.2, 0) is 4.74 Å². The molecule has 2 rings (SSSR count). The summed E-state index contributed by atoms with van der Waals surface area (Å²) in [6, 6.07) is 0. The zero-order valence-corrected chi connectivity index (χ0v) is 8.42. The van der Waals surface area contributed by atoms with Crippen molar-refractivity contribution < 1.29 is 9.53 Å². The number of cyclic esters (lactones) is 1. The lowest BCUT2D eigenvalue weighted by Gasteiger charge is -2.35. The molecule has 1 heterocycles. The Kier molecular flexibility index (Phi) is 2.48. The van der Waals surface area contributed by atoms with Crippen LogP contribution in [0.2, 0.25) is 0 Å². The van der Waals surface area contributed by atoms with E-state index in [1.807, 2.05) is 6.08 Å². The number of alkyl carbamates (subject to hydrolysis) is 1. The highest BCUT2D eigenvalue weighted by Crippen LogP contribution is 2.37. The second-order valence-corrected chi connectivity index (χ2v) is 4.26. The van der Waals surface area contributed by atoms with E-state index in [9.17, 15) is 4.79 Å². The number of nitrogens with one attached hydrogen (secondary N) is 1. The van der Waals surface area contributed by atoms with Crippen molar-refractivity contribution in [1.82, 2.24) is 5.32 Å². The van der Waals surface area contributed by atoms with Crippen molar-refractivity contribution in [2.24, 2.45) is 0 Å². The van der Waals surface area contributed by atoms with Gasteiger partial charge in [-0.2, -0.15) is 0 Å². The van der Waals surface area contributed by atoms with Crippen molar-refractivity contribution in [2.45, 2.75) is 50.2 Å². The van der Waals surface area contributed by atoms with Gasteiger partial charge in [-0.1, -0.05) is 25.3 Å². The van der Waals surface area contributed by atoms with E-state index in [1.54, 1.807) is 0 Å². The molecule has 0 bridgehead atoms. The van der Waals surface area contributed by atoms with Gasteiger partial charge in [-0.15, -0.1) is 6.58 Å². The summed E-state index contributed by atoms with van der Waals surface area (Å²) >= 11 is 0. The second-order valence-electron chi connectivity index (χ2n) is 4.26. The predicted molar refractivity (Wildman–Crippen MR) is 54.0 cm³/mol. The average Bonchev–Trinajstić information content (AvgIpc) is 2.45. The highest BCUT2D eigenvalue weighted by atomic mass is 16.6. The van der Waals surface area contributed by atoms with Crippen molar-refractivity contribution in [1.29, 1.82) is 0 Å². The van der Waals surface area contributed by atoms with E-state index < -0.39 is 0 Å². The van der Waals surface area contributed by atoms with Crippen LogP contribution >= 0.6 is 0 Å². The molecule has 2 aliphatic rings. The number of rotatable bonds is 2. The summed E-state index contributed by atoms with van der Waals surface area (Å²) in [5.41, 5.74) is -0.0798. The largest absolute Gasteiger partial charge is 0.443 e. The lowest BCUT2D eigenvalue weighted by Crippen LogP contribution is -2.49. The molecule has 78 valence electrons. The SMILES string of the molecule is C=CCC1OC(=O)NC12CCCCC2. The molecule has 1 saturated carbocycles. The molecule has 1 amide bonds. The summed E-state index contributed by atoms with van der Waals surface area (Å²) in [6.07, 6.45) is 8.12. The van der Waals surface area contributed by atoms with Gasteiger partial charge in [-0.05, 0) is 12.8 Å². The van der Waals surface area contributed by atoms with E-state index in [2.05, 4.69) is 11.9 Å². The van der Waals surface area contributed by atoms with E-state index in [0.717, 1.165) is 19.3 Å². The fourth-order valence-electron chi connectivity index (χ4n) is 2.61. The van der Waals surface area contributed by atoms with E-state index in [4.69, 9.17) is 4.74 Å². The molecule has 1 N–H and O–H groups in total. The van der Waals surface area contributed by atoms with Crippen molar-refractivity contribution in [3.8, 4) is 0 Å². The Labute approximate surface area is 84.5 Å². The Balaban J connectivity index is 2.12. The van der Waals surface area contributed by atoms with Crippen LogP contribution in [0.5, 0.6) is 0 Å². The van der Waals surface area contributed by atoms with E-state index in [1.165, 1.54) is 19.3 Å². The summed E-state index contributed by atoms with van der Waals surface area (Å²) in [5.74, 6) is 0. The van der Waals surface area contributed by atoms with E-state index in [-0.39, 0.29) is 17.7 Å². The smallest absolute Gasteiger partial charge is 0.408 e. The quantitative estimate of drug-likeness (QED) is 0.687. The number of amides is 1. The topological polar surface area (TPSA) is 38.3 Å². The van der Waals surface area contributed by atoms with E-state index in [0.29, 0.717) is 0 Å². The molecule has 0 aromatic heterocycles. The van der Waals surface area contributed by atoms with Gasteiger partial charge in [-0.3, -0.25) is 0 Å². The predicted octanol–water partition coefficient (Wildman–Crippen LogP) is 2.37. The molecule has 3 heteroatoms. The third-order valence-electron chi connectivity index (χ3n) is 3.34. The first-order valence-corrected chi connectivity index (χ1v) is 5.36. The lowest BCUT2D eigenvalue weighted by molar-refractivity contribution is 0.0924. The second kappa shape index (κ2) is 3.64. The Hall–Kier alpha value is -0.990. The zero-order chi connectivity index (χ0) is 10.0. The van der Waals surface area contributed by atoms with Gasteiger partial charge >= 0.3 is 6.09 Å². The molecule has 1 saturated heterocycles. The molecule has 1 aliphatic heterocycles. The Morgan fingerprint density at radius 1 is 1.50 bits per heavy atom. The third kappa shape index (κ3) is 1.51. The molecule has 0 aromatic carbocycles. The third-order valence-corrected chi connectivity index (χ3v) is 3.34. The molecule has 2 fully saturated rings. The van der Waals surface area contributed by atoms with Crippen LogP contribution in [0.1, 0.15) is 38.5 Å². The van der Waals surface area contributed by atoms with Gasteiger partial charge in [0.1, 0.15) is 6.10 Å². The number of carbonyl (C=O) groups excluding carboxylic acids is 1. The Bertz CT molecular complexity index is 244. The Morgan fingerprint density at radius 3 is 2.86 bits per heavy atom. The molecule has 0 radical (unpaired) electrons. The summed E-state index contributed by atoms with van der Waals surface area (Å²) in [4.78, 5) is 11.2. The maximum absolute atomic E-state index is 11.2. The summed E-state index contributed by atoms with van der Waals surface area (Å²) < 4.78 is 5.27. The molecular formula is C11H17NO2. The number of hydrogen-bond donors (Lipinski definition) is 1. The van der Waals surface area contributed by atoms with Gasteiger partial charge in [0.2, 0.25) is 0 Å². The van der Waals surface area contributed by atoms with Gasteiger partial charge in [0, 0.05) is 6.42 Å². The Morgan fingerprint density at radius 2 is 2.21 bits per heavy atom. The standard InChI is InChI=1S/C11H17NO2/c1-2-6-9-11(12-10(13)14-9)7-4-3-5-8-11/h2,9H,1,3-8H2,(H,12,13).